The Morgan fingerprint density at radius 2 is 1.88 bits per heavy atom. The van der Waals surface area contributed by atoms with Crippen LogP contribution in [-0.4, -0.2) is 18.5 Å². The lowest BCUT2D eigenvalue weighted by Gasteiger charge is -2.16. The number of hydrogen-bond acceptors (Lipinski definition) is 4. The zero-order valence-corrected chi connectivity index (χ0v) is 15.2. The van der Waals surface area contributed by atoms with E-state index >= 15 is 0 Å². The van der Waals surface area contributed by atoms with E-state index in [0.717, 1.165) is 17.7 Å². The topological polar surface area (TPSA) is 51.0 Å². The number of methoxy groups -OCH3 is 1. The molecular weight excluding hydrogens is 349 g/mol. The maximum absolute atomic E-state index is 8.60. The predicted molar refractivity (Wildman–Crippen MR) is 97.6 cm³/mol. The van der Waals surface area contributed by atoms with Gasteiger partial charge in [0.25, 0.3) is 0 Å². The van der Waals surface area contributed by atoms with Crippen LogP contribution >= 0.6 is 23.2 Å². The number of rotatable bonds is 6. The van der Waals surface area contributed by atoms with E-state index in [1.54, 1.807) is 25.3 Å². The third-order valence-electron chi connectivity index (χ3n) is 3.79. The van der Waals surface area contributed by atoms with Crippen LogP contribution in [0.4, 0.5) is 0 Å². The average molecular weight is 368 g/mol. The number of halogens is 2. The second-order valence-corrected chi connectivity index (χ2v) is 6.19. The Balaban J connectivity index is 2.38. The normalized spacial score (nSPS) is 12.4. The fraction of sp³-hybridized carbons (Fsp3) is 0.278. The van der Waals surface area contributed by atoms with Crippen LogP contribution in [0.3, 0.4) is 0 Å². The highest BCUT2D eigenvalue weighted by molar-refractivity contribution is 6.37. The van der Waals surface area contributed by atoms with Gasteiger partial charge in [0.05, 0.1) is 23.4 Å². The summed E-state index contributed by atoms with van der Waals surface area (Å²) in [6.07, 6.45) is 2.23. The van der Waals surface area contributed by atoms with Gasteiger partial charge in [0, 0.05) is 5.56 Å². The first kappa shape index (κ1) is 18.4. The van der Waals surface area contributed by atoms with Crippen LogP contribution in [0.25, 0.3) is 0 Å². The molecule has 0 amide bonds. The fourth-order valence-corrected chi connectivity index (χ4v) is 2.90. The van der Waals surface area contributed by atoms with Gasteiger partial charge in [0.2, 0.25) is 0 Å². The van der Waals surface area contributed by atoms with Crippen molar-refractivity contribution in [3.8, 4) is 17.2 Å². The van der Waals surface area contributed by atoms with Crippen LogP contribution in [0.5, 0.6) is 17.2 Å². The molecule has 0 aliphatic rings. The van der Waals surface area contributed by atoms with Gasteiger partial charge in [-0.05, 0) is 48.2 Å². The van der Waals surface area contributed by atoms with E-state index in [-0.39, 0.29) is 0 Å². The van der Waals surface area contributed by atoms with Gasteiger partial charge in [0.15, 0.2) is 5.75 Å². The van der Waals surface area contributed by atoms with Gasteiger partial charge in [0.1, 0.15) is 11.5 Å². The third-order valence-corrected chi connectivity index (χ3v) is 4.35. The Hall–Kier alpha value is -1.91. The summed E-state index contributed by atoms with van der Waals surface area (Å²) in [7, 11) is 1.65. The van der Waals surface area contributed by atoms with Crippen molar-refractivity contribution in [3.05, 3.63) is 51.5 Å². The molecule has 0 bridgehead atoms. The molecule has 0 saturated carbocycles. The Morgan fingerprint density at radius 3 is 2.42 bits per heavy atom. The zero-order chi connectivity index (χ0) is 17.7. The van der Waals surface area contributed by atoms with E-state index in [4.69, 9.17) is 37.9 Å². The molecule has 0 spiro atoms. The average Bonchev–Trinajstić information content (AvgIpc) is 2.57. The van der Waals surface area contributed by atoms with Crippen molar-refractivity contribution in [1.29, 1.82) is 0 Å². The molecule has 0 radical (unpaired) electrons. The second-order valence-electron chi connectivity index (χ2n) is 5.37. The van der Waals surface area contributed by atoms with E-state index in [0.29, 0.717) is 33.0 Å². The van der Waals surface area contributed by atoms with Crippen molar-refractivity contribution in [2.45, 2.75) is 26.2 Å². The SMILES string of the molecule is CCC(C)c1cc(Oc2c(Cl)cc(C=NO)cc2Cl)ccc1OC. The summed E-state index contributed by atoms with van der Waals surface area (Å²) in [5, 5.41) is 12.2. The summed E-state index contributed by atoms with van der Waals surface area (Å²) in [5.74, 6) is 2.13. The summed E-state index contributed by atoms with van der Waals surface area (Å²) in [6.45, 7) is 4.25. The summed E-state index contributed by atoms with van der Waals surface area (Å²) >= 11 is 12.5. The van der Waals surface area contributed by atoms with Crippen molar-refractivity contribution in [2.24, 2.45) is 5.16 Å². The zero-order valence-electron chi connectivity index (χ0n) is 13.7. The van der Waals surface area contributed by atoms with E-state index in [1.807, 2.05) is 12.1 Å². The van der Waals surface area contributed by atoms with Crippen LogP contribution in [0.2, 0.25) is 10.0 Å². The molecule has 6 heteroatoms. The molecule has 1 atom stereocenters. The lowest BCUT2D eigenvalue weighted by atomic mass is 9.97. The molecule has 2 aromatic rings. The smallest absolute Gasteiger partial charge is 0.164 e. The molecule has 24 heavy (non-hydrogen) atoms. The lowest BCUT2D eigenvalue weighted by Crippen LogP contribution is -1.98. The fourth-order valence-electron chi connectivity index (χ4n) is 2.32. The van der Waals surface area contributed by atoms with Gasteiger partial charge in [-0.1, -0.05) is 42.2 Å². The minimum Gasteiger partial charge on any atom is -0.496 e. The third kappa shape index (κ3) is 4.13. The molecule has 2 rings (SSSR count). The molecule has 0 heterocycles. The Bertz CT molecular complexity index is 724. The van der Waals surface area contributed by atoms with Crippen molar-refractivity contribution in [2.75, 3.05) is 7.11 Å². The maximum atomic E-state index is 8.60. The number of oxime groups is 1. The van der Waals surface area contributed by atoms with Crippen molar-refractivity contribution in [1.82, 2.24) is 0 Å². The van der Waals surface area contributed by atoms with Crippen LogP contribution in [0.1, 0.15) is 37.3 Å². The summed E-state index contributed by atoms with van der Waals surface area (Å²) in [4.78, 5) is 0. The van der Waals surface area contributed by atoms with Crippen molar-refractivity contribution >= 4 is 29.4 Å². The predicted octanol–water partition coefficient (Wildman–Crippen LogP) is 6.12. The molecule has 0 saturated heterocycles. The molecule has 0 aliphatic heterocycles. The lowest BCUT2D eigenvalue weighted by molar-refractivity contribution is 0.322. The molecule has 4 nitrogen and oxygen atoms in total. The largest absolute Gasteiger partial charge is 0.496 e. The van der Waals surface area contributed by atoms with Crippen LogP contribution in [0.15, 0.2) is 35.5 Å². The Morgan fingerprint density at radius 1 is 1.21 bits per heavy atom. The highest BCUT2D eigenvalue weighted by Crippen LogP contribution is 2.39. The first-order valence-corrected chi connectivity index (χ1v) is 8.28. The first-order chi connectivity index (χ1) is 11.5. The standard InChI is InChI=1S/C18H19Cl2NO3/c1-4-11(2)14-9-13(5-6-17(14)23-3)24-18-15(19)7-12(10-21-22)8-16(18)20/h5-11,22H,4H2,1-3H3. The molecule has 1 N–H and O–H groups in total. The summed E-state index contributed by atoms with van der Waals surface area (Å²) in [6, 6.07) is 8.83. The minimum atomic E-state index is 0.331. The van der Waals surface area contributed by atoms with Gasteiger partial charge in [-0.2, -0.15) is 0 Å². The number of nitrogens with zero attached hydrogens (tertiary/aromatic N) is 1. The van der Waals surface area contributed by atoms with Gasteiger partial charge < -0.3 is 14.7 Å². The van der Waals surface area contributed by atoms with Gasteiger partial charge >= 0.3 is 0 Å². The van der Waals surface area contributed by atoms with Crippen LogP contribution in [0, 0.1) is 0 Å². The van der Waals surface area contributed by atoms with Gasteiger partial charge in [-0.3, -0.25) is 0 Å². The molecule has 0 aromatic heterocycles. The van der Waals surface area contributed by atoms with Crippen LogP contribution in [-0.2, 0) is 0 Å². The van der Waals surface area contributed by atoms with E-state index in [9.17, 15) is 0 Å². The Kier molecular flexibility index (Phi) is 6.35. The number of benzene rings is 2. The van der Waals surface area contributed by atoms with E-state index in [1.165, 1.54) is 6.21 Å². The molecular formula is C18H19Cl2NO3. The monoisotopic (exact) mass is 367 g/mol. The first-order valence-electron chi connectivity index (χ1n) is 7.52. The quantitative estimate of drug-likeness (QED) is 0.380. The molecule has 0 aliphatic carbocycles. The highest BCUT2D eigenvalue weighted by Gasteiger charge is 2.14. The number of hydrogen-bond donors (Lipinski definition) is 1. The molecule has 1 unspecified atom stereocenters. The summed E-state index contributed by atoms with van der Waals surface area (Å²) in [5.41, 5.74) is 1.64. The highest BCUT2D eigenvalue weighted by atomic mass is 35.5. The minimum absolute atomic E-state index is 0.331. The molecule has 2 aromatic carbocycles. The number of ether oxygens (including phenoxy) is 2. The maximum Gasteiger partial charge on any atom is 0.164 e. The van der Waals surface area contributed by atoms with Gasteiger partial charge in [-0.15, -0.1) is 0 Å². The van der Waals surface area contributed by atoms with Crippen LogP contribution < -0.4 is 9.47 Å². The second kappa shape index (κ2) is 8.27. The van der Waals surface area contributed by atoms with E-state index < -0.39 is 0 Å². The van der Waals surface area contributed by atoms with Crippen molar-refractivity contribution < 1.29 is 14.7 Å². The molecule has 128 valence electrons. The van der Waals surface area contributed by atoms with Gasteiger partial charge in [-0.25, -0.2) is 0 Å². The van der Waals surface area contributed by atoms with Crippen molar-refractivity contribution in [3.63, 3.8) is 0 Å². The summed E-state index contributed by atoms with van der Waals surface area (Å²) < 4.78 is 11.3. The Labute approximate surface area is 151 Å². The molecule has 0 fully saturated rings. The van der Waals surface area contributed by atoms with E-state index in [2.05, 4.69) is 19.0 Å².